The van der Waals surface area contributed by atoms with Gasteiger partial charge in [0.25, 0.3) is 0 Å². The number of imidazole rings is 1. The molecule has 0 saturated carbocycles. The van der Waals surface area contributed by atoms with Gasteiger partial charge in [-0.2, -0.15) is 13.2 Å². The van der Waals surface area contributed by atoms with Gasteiger partial charge in [0.2, 0.25) is 0 Å². The van der Waals surface area contributed by atoms with E-state index in [0.29, 0.717) is 13.0 Å². The van der Waals surface area contributed by atoms with Crippen molar-refractivity contribution in [3.8, 4) is 0 Å². The van der Waals surface area contributed by atoms with Gasteiger partial charge in [-0.1, -0.05) is 6.92 Å². The molecular weight excluding hydrogens is 259 g/mol. The van der Waals surface area contributed by atoms with Crippen molar-refractivity contribution in [3.05, 3.63) is 18.2 Å². The summed E-state index contributed by atoms with van der Waals surface area (Å²) in [6.45, 7) is 4.17. The van der Waals surface area contributed by atoms with Gasteiger partial charge >= 0.3 is 6.18 Å². The van der Waals surface area contributed by atoms with Crippen LogP contribution in [0.3, 0.4) is 0 Å². The number of nitrogens with zero attached hydrogens (tertiary/aromatic N) is 2. The maximum atomic E-state index is 12.0. The Hall–Kier alpha value is -1.08. The molecule has 0 aliphatic rings. The number of ether oxygens (including phenoxy) is 1. The van der Waals surface area contributed by atoms with E-state index in [4.69, 9.17) is 4.74 Å². The lowest BCUT2D eigenvalue weighted by atomic mass is 10.2. The Bertz CT molecular complexity index is 365. The standard InChI is InChI=1S/C12H20F3N3O/c1-3-16-10(8-19-9-12(13,14)15)7-11-17-5-6-18(11)4-2/h5-6,10,16H,3-4,7-9H2,1-2H3. The summed E-state index contributed by atoms with van der Waals surface area (Å²) in [5.74, 6) is 0.851. The number of hydrogen-bond donors (Lipinski definition) is 1. The average Bonchev–Trinajstić information content (AvgIpc) is 2.75. The van der Waals surface area contributed by atoms with Crippen LogP contribution >= 0.6 is 0 Å². The van der Waals surface area contributed by atoms with Crippen molar-refractivity contribution in [2.24, 2.45) is 0 Å². The van der Waals surface area contributed by atoms with Gasteiger partial charge in [-0.05, 0) is 13.5 Å². The number of aromatic nitrogens is 2. The molecular formula is C12H20F3N3O. The van der Waals surface area contributed by atoms with Crippen LogP contribution in [0.4, 0.5) is 13.2 Å². The third kappa shape index (κ3) is 6.07. The van der Waals surface area contributed by atoms with Crippen LogP contribution in [0, 0.1) is 0 Å². The monoisotopic (exact) mass is 279 g/mol. The van der Waals surface area contributed by atoms with E-state index in [0.717, 1.165) is 12.4 Å². The first-order valence-corrected chi connectivity index (χ1v) is 6.34. The molecule has 0 fully saturated rings. The third-order valence-electron chi connectivity index (χ3n) is 2.65. The number of halogens is 3. The predicted molar refractivity (Wildman–Crippen MR) is 65.9 cm³/mol. The molecule has 1 aromatic heterocycles. The smallest absolute Gasteiger partial charge is 0.370 e. The van der Waals surface area contributed by atoms with Gasteiger partial charge < -0.3 is 14.6 Å². The van der Waals surface area contributed by atoms with Crippen molar-refractivity contribution < 1.29 is 17.9 Å². The van der Waals surface area contributed by atoms with Gasteiger partial charge in [0, 0.05) is 31.4 Å². The Kier molecular flexibility index (Phi) is 6.30. The number of hydrogen-bond acceptors (Lipinski definition) is 3. The molecule has 0 aromatic carbocycles. The second-order valence-corrected chi connectivity index (χ2v) is 4.22. The SMILES string of the molecule is CCNC(COCC(F)(F)F)Cc1nccn1CC. The molecule has 1 unspecified atom stereocenters. The summed E-state index contributed by atoms with van der Waals surface area (Å²) in [5, 5.41) is 3.11. The third-order valence-corrected chi connectivity index (χ3v) is 2.65. The highest BCUT2D eigenvalue weighted by Gasteiger charge is 2.28. The van der Waals surface area contributed by atoms with Crippen LogP contribution < -0.4 is 5.32 Å². The van der Waals surface area contributed by atoms with Gasteiger partial charge in [0.05, 0.1) is 6.61 Å². The number of aryl methyl sites for hydroxylation is 1. The van der Waals surface area contributed by atoms with E-state index < -0.39 is 12.8 Å². The zero-order valence-corrected chi connectivity index (χ0v) is 11.2. The Morgan fingerprint density at radius 2 is 2.16 bits per heavy atom. The van der Waals surface area contributed by atoms with Crippen LogP contribution in [0.1, 0.15) is 19.7 Å². The molecule has 0 spiro atoms. The first kappa shape index (κ1) is 16.0. The molecule has 0 aliphatic carbocycles. The fraction of sp³-hybridized carbons (Fsp3) is 0.750. The summed E-state index contributed by atoms with van der Waals surface area (Å²) in [4.78, 5) is 4.21. The quantitative estimate of drug-likeness (QED) is 0.791. The van der Waals surface area contributed by atoms with Crippen LogP contribution in [0.25, 0.3) is 0 Å². The summed E-state index contributed by atoms with van der Waals surface area (Å²) in [6, 6.07) is -0.167. The molecule has 0 bridgehead atoms. The lowest BCUT2D eigenvalue weighted by molar-refractivity contribution is -0.175. The zero-order valence-electron chi connectivity index (χ0n) is 11.2. The number of alkyl halides is 3. The van der Waals surface area contributed by atoms with Gasteiger partial charge in [-0.3, -0.25) is 0 Å². The molecule has 1 aromatic rings. The predicted octanol–water partition coefficient (Wildman–Crippen LogP) is 2.00. The zero-order chi connectivity index (χ0) is 14.3. The first-order chi connectivity index (χ1) is 8.96. The largest absolute Gasteiger partial charge is 0.411 e. The van der Waals surface area contributed by atoms with Crippen molar-refractivity contribution in [1.82, 2.24) is 14.9 Å². The van der Waals surface area contributed by atoms with E-state index in [1.54, 1.807) is 6.20 Å². The van der Waals surface area contributed by atoms with Gasteiger partial charge in [0.1, 0.15) is 12.4 Å². The Morgan fingerprint density at radius 3 is 2.74 bits per heavy atom. The van der Waals surface area contributed by atoms with Crippen molar-refractivity contribution in [2.45, 2.75) is 39.0 Å². The molecule has 0 radical (unpaired) electrons. The minimum Gasteiger partial charge on any atom is -0.370 e. The molecule has 1 N–H and O–H groups in total. The van der Waals surface area contributed by atoms with Gasteiger partial charge in [0.15, 0.2) is 0 Å². The molecule has 110 valence electrons. The number of rotatable bonds is 8. The van der Waals surface area contributed by atoms with Gasteiger partial charge in [-0.15, -0.1) is 0 Å². The molecule has 19 heavy (non-hydrogen) atoms. The molecule has 1 rings (SSSR count). The van der Waals surface area contributed by atoms with E-state index >= 15 is 0 Å². The second kappa shape index (κ2) is 7.49. The summed E-state index contributed by atoms with van der Waals surface area (Å²) < 4.78 is 42.8. The summed E-state index contributed by atoms with van der Waals surface area (Å²) in [7, 11) is 0. The molecule has 1 heterocycles. The lowest BCUT2D eigenvalue weighted by Gasteiger charge is -2.18. The van der Waals surface area contributed by atoms with Crippen molar-refractivity contribution >= 4 is 0 Å². The Balaban J connectivity index is 2.48. The highest BCUT2D eigenvalue weighted by molar-refractivity contribution is 4.95. The maximum Gasteiger partial charge on any atom is 0.411 e. The van der Waals surface area contributed by atoms with Crippen LogP contribution in [-0.4, -0.2) is 41.5 Å². The Labute approximate surface area is 111 Å². The lowest BCUT2D eigenvalue weighted by Crippen LogP contribution is -2.37. The fourth-order valence-corrected chi connectivity index (χ4v) is 1.83. The highest BCUT2D eigenvalue weighted by Crippen LogP contribution is 2.14. The van der Waals surface area contributed by atoms with Crippen molar-refractivity contribution in [1.29, 1.82) is 0 Å². The normalized spacial score (nSPS) is 13.7. The minimum absolute atomic E-state index is 0.0178. The maximum absolute atomic E-state index is 12.0. The van der Waals surface area contributed by atoms with E-state index in [2.05, 4.69) is 10.3 Å². The van der Waals surface area contributed by atoms with E-state index in [1.165, 1.54) is 0 Å². The van der Waals surface area contributed by atoms with Crippen LogP contribution in [0.2, 0.25) is 0 Å². The van der Waals surface area contributed by atoms with Crippen molar-refractivity contribution in [3.63, 3.8) is 0 Å². The Morgan fingerprint density at radius 1 is 1.42 bits per heavy atom. The molecule has 7 heteroatoms. The number of nitrogens with one attached hydrogen (secondary N) is 1. The van der Waals surface area contributed by atoms with E-state index in [-0.39, 0.29) is 12.6 Å². The van der Waals surface area contributed by atoms with Crippen molar-refractivity contribution in [2.75, 3.05) is 19.8 Å². The van der Waals surface area contributed by atoms with Crippen LogP contribution in [0.5, 0.6) is 0 Å². The highest BCUT2D eigenvalue weighted by atomic mass is 19.4. The van der Waals surface area contributed by atoms with E-state index in [9.17, 15) is 13.2 Å². The fourth-order valence-electron chi connectivity index (χ4n) is 1.83. The van der Waals surface area contributed by atoms with Crippen LogP contribution in [0.15, 0.2) is 12.4 Å². The summed E-state index contributed by atoms with van der Waals surface area (Å²) in [6.07, 6.45) is -0.182. The molecule has 0 aliphatic heterocycles. The topological polar surface area (TPSA) is 39.1 Å². The summed E-state index contributed by atoms with van der Waals surface area (Å²) in [5.41, 5.74) is 0. The number of likely N-dealkylation sites (N-methyl/N-ethyl adjacent to an activating group) is 1. The van der Waals surface area contributed by atoms with E-state index in [1.807, 2.05) is 24.6 Å². The minimum atomic E-state index is -4.28. The second-order valence-electron chi connectivity index (χ2n) is 4.22. The molecule has 1 atom stereocenters. The van der Waals surface area contributed by atoms with Gasteiger partial charge in [-0.25, -0.2) is 4.98 Å². The average molecular weight is 279 g/mol. The summed E-state index contributed by atoms with van der Waals surface area (Å²) >= 11 is 0. The molecule has 0 amide bonds. The molecule has 4 nitrogen and oxygen atoms in total. The van der Waals surface area contributed by atoms with Crippen LogP contribution in [-0.2, 0) is 17.7 Å². The molecule has 0 saturated heterocycles. The first-order valence-electron chi connectivity index (χ1n) is 6.34.